The molecule has 5 nitrogen and oxygen atoms in total. The standard InChI is InChI=1S/C20H25FN2O3S/c1-16(27(25,26)19-9-7-18(21)8-10-19)15-20(24)23(14-12-22)13-11-17-5-3-2-4-6-17/h2-10,16H,11-15,22H2,1H3. The fourth-order valence-electron chi connectivity index (χ4n) is 2.77. The molecule has 1 atom stereocenters. The lowest BCUT2D eigenvalue weighted by Gasteiger charge is -2.24. The molecule has 1 amide bonds. The highest BCUT2D eigenvalue weighted by Gasteiger charge is 2.27. The van der Waals surface area contributed by atoms with Crippen LogP contribution >= 0.6 is 0 Å². The number of halogens is 1. The van der Waals surface area contributed by atoms with E-state index >= 15 is 0 Å². The van der Waals surface area contributed by atoms with E-state index in [1.807, 2.05) is 30.3 Å². The number of sulfone groups is 1. The van der Waals surface area contributed by atoms with Crippen LogP contribution in [0, 0.1) is 5.82 Å². The SMILES string of the molecule is CC(CC(=O)N(CCN)CCc1ccccc1)S(=O)(=O)c1ccc(F)cc1. The first kappa shape index (κ1) is 21.1. The summed E-state index contributed by atoms with van der Waals surface area (Å²) in [5, 5.41) is -0.910. The average Bonchev–Trinajstić information content (AvgIpc) is 2.66. The minimum Gasteiger partial charge on any atom is -0.341 e. The molecule has 1 unspecified atom stereocenters. The van der Waals surface area contributed by atoms with Crippen LogP contribution in [0.3, 0.4) is 0 Å². The third-order valence-corrected chi connectivity index (χ3v) is 6.55. The van der Waals surface area contributed by atoms with E-state index in [1.165, 1.54) is 19.1 Å². The van der Waals surface area contributed by atoms with Gasteiger partial charge in [-0.15, -0.1) is 0 Å². The van der Waals surface area contributed by atoms with Crippen molar-refractivity contribution in [1.29, 1.82) is 0 Å². The van der Waals surface area contributed by atoms with Gasteiger partial charge in [-0.05, 0) is 43.2 Å². The van der Waals surface area contributed by atoms with E-state index < -0.39 is 20.9 Å². The van der Waals surface area contributed by atoms with Crippen molar-refractivity contribution in [2.24, 2.45) is 5.73 Å². The molecule has 0 radical (unpaired) electrons. The Morgan fingerprint density at radius 3 is 2.30 bits per heavy atom. The number of carbonyl (C=O) groups excluding carboxylic acids is 1. The fraction of sp³-hybridized carbons (Fsp3) is 0.350. The van der Waals surface area contributed by atoms with Crippen molar-refractivity contribution in [2.45, 2.75) is 29.9 Å². The third-order valence-electron chi connectivity index (χ3n) is 4.40. The molecule has 0 saturated carbocycles. The number of nitrogens with zero attached hydrogens (tertiary/aromatic N) is 1. The summed E-state index contributed by atoms with van der Waals surface area (Å²) in [6.45, 7) is 2.65. The Labute approximate surface area is 159 Å². The molecular weight excluding hydrogens is 367 g/mol. The molecule has 2 aromatic rings. The maximum absolute atomic E-state index is 13.0. The fourth-order valence-corrected chi connectivity index (χ4v) is 4.11. The van der Waals surface area contributed by atoms with Gasteiger partial charge < -0.3 is 10.6 Å². The molecule has 2 rings (SSSR count). The Bertz CT molecular complexity index is 839. The molecule has 0 aromatic heterocycles. The molecule has 0 aliphatic rings. The minimum absolute atomic E-state index is 0.0128. The van der Waals surface area contributed by atoms with Crippen molar-refractivity contribution < 1.29 is 17.6 Å². The van der Waals surface area contributed by atoms with Crippen LogP contribution in [0.25, 0.3) is 0 Å². The summed E-state index contributed by atoms with van der Waals surface area (Å²) in [5.74, 6) is -0.762. The molecule has 7 heteroatoms. The Morgan fingerprint density at radius 2 is 1.70 bits per heavy atom. The predicted molar refractivity (Wildman–Crippen MR) is 103 cm³/mol. The van der Waals surface area contributed by atoms with E-state index in [9.17, 15) is 17.6 Å². The summed E-state index contributed by atoms with van der Waals surface area (Å²) in [6.07, 6.45) is 0.528. The summed E-state index contributed by atoms with van der Waals surface area (Å²) in [4.78, 5) is 14.3. The molecule has 0 heterocycles. The lowest BCUT2D eigenvalue weighted by atomic mass is 10.1. The molecule has 0 aliphatic heterocycles. The van der Waals surface area contributed by atoms with Gasteiger partial charge in [-0.2, -0.15) is 0 Å². The van der Waals surface area contributed by atoms with Gasteiger partial charge in [0, 0.05) is 26.1 Å². The van der Waals surface area contributed by atoms with E-state index in [4.69, 9.17) is 5.73 Å². The van der Waals surface area contributed by atoms with Crippen LogP contribution in [0.4, 0.5) is 4.39 Å². The first-order chi connectivity index (χ1) is 12.8. The molecule has 2 aromatic carbocycles. The number of amides is 1. The van der Waals surface area contributed by atoms with E-state index in [0.717, 1.165) is 17.7 Å². The molecule has 27 heavy (non-hydrogen) atoms. The van der Waals surface area contributed by atoms with Crippen molar-refractivity contribution >= 4 is 15.7 Å². The van der Waals surface area contributed by atoms with Crippen LogP contribution < -0.4 is 5.73 Å². The Kier molecular flexibility index (Phi) is 7.50. The number of rotatable bonds is 9. The molecule has 2 N–H and O–H groups in total. The summed E-state index contributed by atoms with van der Waals surface area (Å²) >= 11 is 0. The summed E-state index contributed by atoms with van der Waals surface area (Å²) in [5.41, 5.74) is 6.71. The summed E-state index contributed by atoms with van der Waals surface area (Å²) in [6, 6.07) is 14.4. The Morgan fingerprint density at radius 1 is 1.07 bits per heavy atom. The van der Waals surface area contributed by atoms with Gasteiger partial charge in [0.15, 0.2) is 9.84 Å². The van der Waals surface area contributed by atoms with Gasteiger partial charge in [0.05, 0.1) is 10.1 Å². The Hall–Kier alpha value is -2.25. The zero-order chi connectivity index (χ0) is 19.9. The first-order valence-electron chi connectivity index (χ1n) is 8.86. The molecule has 0 saturated heterocycles. The van der Waals surface area contributed by atoms with Crippen molar-refractivity contribution in [3.8, 4) is 0 Å². The van der Waals surface area contributed by atoms with Crippen molar-refractivity contribution in [2.75, 3.05) is 19.6 Å². The topological polar surface area (TPSA) is 80.5 Å². The zero-order valence-electron chi connectivity index (χ0n) is 15.3. The number of benzene rings is 2. The quantitative estimate of drug-likeness (QED) is 0.665. The zero-order valence-corrected chi connectivity index (χ0v) is 16.2. The predicted octanol–water partition coefficient (Wildman–Crippen LogP) is 2.41. The summed E-state index contributed by atoms with van der Waals surface area (Å²) < 4.78 is 38.3. The van der Waals surface area contributed by atoms with Gasteiger partial charge >= 0.3 is 0 Å². The van der Waals surface area contributed by atoms with Gasteiger partial charge in [-0.25, -0.2) is 12.8 Å². The average molecular weight is 392 g/mol. The van der Waals surface area contributed by atoms with E-state index in [0.29, 0.717) is 26.1 Å². The maximum atomic E-state index is 13.0. The van der Waals surface area contributed by atoms with Crippen molar-refractivity contribution in [1.82, 2.24) is 4.90 Å². The van der Waals surface area contributed by atoms with Crippen molar-refractivity contribution in [3.05, 3.63) is 66.0 Å². The third kappa shape index (κ3) is 5.87. The second-order valence-electron chi connectivity index (χ2n) is 6.42. The second kappa shape index (κ2) is 9.62. The van der Waals surface area contributed by atoms with Gasteiger partial charge in [0.1, 0.15) is 5.82 Å². The molecule has 0 fully saturated rings. The number of carbonyl (C=O) groups is 1. The molecule has 0 bridgehead atoms. The highest BCUT2D eigenvalue weighted by atomic mass is 32.2. The van der Waals surface area contributed by atoms with Crippen LogP contribution in [0.5, 0.6) is 0 Å². The second-order valence-corrected chi connectivity index (χ2v) is 8.78. The maximum Gasteiger partial charge on any atom is 0.223 e. The van der Waals surface area contributed by atoms with Gasteiger partial charge in [-0.1, -0.05) is 30.3 Å². The lowest BCUT2D eigenvalue weighted by molar-refractivity contribution is -0.131. The number of hydrogen-bond donors (Lipinski definition) is 1. The molecule has 0 spiro atoms. The van der Waals surface area contributed by atoms with Crippen molar-refractivity contribution in [3.63, 3.8) is 0 Å². The smallest absolute Gasteiger partial charge is 0.223 e. The van der Waals surface area contributed by atoms with E-state index in [2.05, 4.69) is 0 Å². The van der Waals surface area contributed by atoms with Gasteiger partial charge in [0.2, 0.25) is 5.91 Å². The molecular formula is C20H25FN2O3S. The monoisotopic (exact) mass is 392 g/mol. The highest BCUT2D eigenvalue weighted by molar-refractivity contribution is 7.92. The Balaban J connectivity index is 2.03. The number of hydrogen-bond acceptors (Lipinski definition) is 4. The van der Waals surface area contributed by atoms with Crippen LogP contribution in [0.1, 0.15) is 18.9 Å². The lowest BCUT2D eigenvalue weighted by Crippen LogP contribution is -2.39. The van der Waals surface area contributed by atoms with Crippen LogP contribution in [-0.4, -0.2) is 44.1 Å². The van der Waals surface area contributed by atoms with Gasteiger partial charge in [-0.3, -0.25) is 4.79 Å². The normalized spacial score (nSPS) is 12.6. The van der Waals surface area contributed by atoms with E-state index in [1.54, 1.807) is 4.90 Å². The highest BCUT2D eigenvalue weighted by Crippen LogP contribution is 2.19. The summed E-state index contributed by atoms with van der Waals surface area (Å²) in [7, 11) is -3.71. The van der Waals surface area contributed by atoms with Crippen LogP contribution in [0.15, 0.2) is 59.5 Å². The molecule has 0 aliphatic carbocycles. The van der Waals surface area contributed by atoms with E-state index in [-0.39, 0.29) is 17.2 Å². The first-order valence-corrected chi connectivity index (χ1v) is 10.4. The van der Waals surface area contributed by atoms with Gasteiger partial charge in [0.25, 0.3) is 0 Å². The minimum atomic E-state index is -3.71. The van der Waals surface area contributed by atoms with Crippen LogP contribution in [0.2, 0.25) is 0 Å². The number of nitrogens with two attached hydrogens (primary N) is 1. The van der Waals surface area contributed by atoms with Crippen LogP contribution in [-0.2, 0) is 21.1 Å². The molecule has 146 valence electrons. The largest absolute Gasteiger partial charge is 0.341 e.